The molecule has 23 heavy (non-hydrogen) atoms. The number of phenolic OH excluding ortho intramolecular Hbond substituents is 1. The van der Waals surface area contributed by atoms with Gasteiger partial charge in [-0.2, -0.15) is 0 Å². The zero-order valence-corrected chi connectivity index (χ0v) is 12.9. The van der Waals surface area contributed by atoms with Crippen molar-refractivity contribution in [3.8, 4) is 17.0 Å². The Morgan fingerprint density at radius 3 is 2.61 bits per heavy atom. The van der Waals surface area contributed by atoms with Crippen molar-refractivity contribution in [2.24, 2.45) is 0 Å². The molecule has 1 aromatic carbocycles. The van der Waals surface area contributed by atoms with Crippen molar-refractivity contribution in [3.63, 3.8) is 0 Å². The van der Waals surface area contributed by atoms with E-state index in [1.807, 2.05) is 16.5 Å². The average molecular weight is 308 g/mol. The molecule has 1 aliphatic rings. The number of fused-ring (bicyclic) bond motifs is 1. The summed E-state index contributed by atoms with van der Waals surface area (Å²) in [7, 11) is 0. The number of piperidine rings is 1. The molecular formula is C18H20N4O. The number of nitrogens with one attached hydrogen (secondary N) is 1. The van der Waals surface area contributed by atoms with E-state index in [0.717, 1.165) is 42.8 Å². The topological polar surface area (TPSA) is 75.6 Å². The zero-order valence-electron chi connectivity index (χ0n) is 12.9. The number of nitrogens with two attached hydrogens (primary N) is 1. The van der Waals surface area contributed by atoms with E-state index in [4.69, 9.17) is 5.73 Å². The quantitative estimate of drug-likeness (QED) is 0.680. The second-order valence-electron chi connectivity index (χ2n) is 6.11. The van der Waals surface area contributed by atoms with Gasteiger partial charge in [-0.1, -0.05) is 0 Å². The number of benzene rings is 1. The van der Waals surface area contributed by atoms with Gasteiger partial charge in [-0.25, -0.2) is 4.98 Å². The van der Waals surface area contributed by atoms with Crippen LogP contribution in [0.2, 0.25) is 0 Å². The van der Waals surface area contributed by atoms with Gasteiger partial charge < -0.3 is 16.2 Å². The maximum atomic E-state index is 9.46. The summed E-state index contributed by atoms with van der Waals surface area (Å²) in [6, 6.07) is 11.4. The number of phenols is 1. The van der Waals surface area contributed by atoms with Crippen LogP contribution >= 0.6 is 0 Å². The Morgan fingerprint density at radius 2 is 1.87 bits per heavy atom. The van der Waals surface area contributed by atoms with Gasteiger partial charge in [-0.3, -0.25) is 4.40 Å². The first-order valence-corrected chi connectivity index (χ1v) is 8.00. The highest BCUT2D eigenvalue weighted by atomic mass is 16.3. The van der Waals surface area contributed by atoms with Crippen LogP contribution in [-0.4, -0.2) is 27.6 Å². The monoisotopic (exact) mass is 308 g/mol. The average Bonchev–Trinajstić information content (AvgIpc) is 2.91. The molecule has 0 radical (unpaired) electrons. The zero-order chi connectivity index (χ0) is 15.8. The van der Waals surface area contributed by atoms with Gasteiger partial charge in [0.15, 0.2) is 5.82 Å². The number of hydrogen-bond donors (Lipinski definition) is 3. The predicted molar refractivity (Wildman–Crippen MR) is 91.5 cm³/mol. The molecule has 0 atom stereocenters. The lowest BCUT2D eigenvalue weighted by atomic mass is 9.91. The molecule has 5 heteroatoms. The predicted octanol–water partition coefficient (Wildman–Crippen LogP) is 2.76. The fraction of sp³-hybridized carbons (Fsp3) is 0.278. The molecule has 0 spiro atoms. The summed E-state index contributed by atoms with van der Waals surface area (Å²) in [5.41, 5.74) is 10.2. The van der Waals surface area contributed by atoms with Gasteiger partial charge in [0, 0.05) is 11.8 Å². The van der Waals surface area contributed by atoms with Crippen LogP contribution in [0.15, 0.2) is 42.6 Å². The molecule has 5 nitrogen and oxygen atoms in total. The minimum absolute atomic E-state index is 0.245. The van der Waals surface area contributed by atoms with Crippen LogP contribution in [-0.2, 0) is 0 Å². The fourth-order valence-electron chi connectivity index (χ4n) is 3.39. The molecule has 118 valence electrons. The third-order valence-electron chi connectivity index (χ3n) is 4.63. The molecule has 3 aromatic rings. The Balaban J connectivity index is 1.78. The number of aromatic nitrogens is 2. The molecule has 3 heterocycles. The molecule has 0 unspecified atom stereocenters. The molecule has 4 rings (SSSR count). The van der Waals surface area contributed by atoms with Crippen LogP contribution in [0.25, 0.3) is 16.9 Å². The largest absolute Gasteiger partial charge is 0.508 e. The van der Waals surface area contributed by atoms with Crippen molar-refractivity contribution < 1.29 is 5.11 Å². The van der Waals surface area contributed by atoms with Crippen LogP contribution in [0.5, 0.6) is 5.75 Å². The van der Waals surface area contributed by atoms with E-state index < -0.39 is 0 Å². The number of aromatic hydroxyl groups is 1. The second-order valence-corrected chi connectivity index (χ2v) is 6.11. The van der Waals surface area contributed by atoms with E-state index in [1.165, 1.54) is 5.56 Å². The Hall–Kier alpha value is -2.53. The van der Waals surface area contributed by atoms with Crippen LogP contribution in [0.4, 0.5) is 5.82 Å². The molecule has 0 aliphatic carbocycles. The van der Waals surface area contributed by atoms with E-state index in [2.05, 4.69) is 28.6 Å². The molecule has 0 amide bonds. The summed E-state index contributed by atoms with van der Waals surface area (Å²) in [5.74, 6) is 1.35. The minimum Gasteiger partial charge on any atom is -0.508 e. The molecule has 0 saturated carbocycles. The first kappa shape index (κ1) is 14.1. The highest BCUT2D eigenvalue weighted by molar-refractivity contribution is 5.75. The van der Waals surface area contributed by atoms with Gasteiger partial charge in [0.2, 0.25) is 0 Å². The van der Waals surface area contributed by atoms with E-state index in [9.17, 15) is 5.11 Å². The first-order valence-electron chi connectivity index (χ1n) is 8.00. The smallest absolute Gasteiger partial charge is 0.150 e. The number of hydrogen-bond acceptors (Lipinski definition) is 4. The van der Waals surface area contributed by atoms with Gasteiger partial charge in [0.1, 0.15) is 11.4 Å². The lowest BCUT2D eigenvalue weighted by molar-refractivity contribution is 0.460. The van der Waals surface area contributed by atoms with Crippen LogP contribution in [0.1, 0.15) is 24.3 Å². The SMILES string of the molecule is Nc1nc2cc(C3CCNCC3)ccn2c1-c1ccc(O)cc1. The van der Waals surface area contributed by atoms with Crippen LogP contribution in [0.3, 0.4) is 0 Å². The lowest BCUT2D eigenvalue weighted by Gasteiger charge is -2.23. The standard InChI is InChI=1S/C18H20N4O/c19-18-17(13-1-3-15(23)4-2-13)22-10-7-14(11-16(22)21-18)12-5-8-20-9-6-12/h1-4,7,10-12,20,23H,5-6,8-9,19H2. The minimum atomic E-state index is 0.245. The van der Waals surface area contributed by atoms with Gasteiger partial charge in [0.05, 0.1) is 5.69 Å². The molecular weight excluding hydrogens is 288 g/mol. The normalized spacial score (nSPS) is 16.0. The van der Waals surface area contributed by atoms with Crippen molar-refractivity contribution in [1.29, 1.82) is 0 Å². The van der Waals surface area contributed by atoms with Gasteiger partial charge >= 0.3 is 0 Å². The Labute approximate surface area is 134 Å². The number of nitrogen functional groups attached to an aromatic ring is 1. The summed E-state index contributed by atoms with van der Waals surface area (Å²) in [5, 5.41) is 12.9. The number of imidazole rings is 1. The summed E-state index contributed by atoms with van der Waals surface area (Å²) >= 11 is 0. The maximum absolute atomic E-state index is 9.46. The van der Waals surface area contributed by atoms with Crippen molar-refractivity contribution >= 4 is 11.5 Å². The number of anilines is 1. The van der Waals surface area contributed by atoms with Gasteiger partial charge in [-0.05, 0) is 73.8 Å². The molecule has 0 bridgehead atoms. The van der Waals surface area contributed by atoms with E-state index in [1.54, 1.807) is 12.1 Å². The highest BCUT2D eigenvalue weighted by Crippen LogP contribution is 2.31. The molecule has 1 aliphatic heterocycles. The summed E-state index contributed by atoms with van der Waals surface area (Å²) in [6.45, 7) is 2.15. The third kappa shape index (κ3) is 2.53. The summed E-state index contributed by atoms with van der Waals surface area (Å²) in [6.07, 6.45) is 4.38. The second kappa shape index (κ2) is 5.59. The number of pyridine rings is 1. The highest BCUT2D eigenvalue weighted by Gasteiger charge is 2.17. The maximum Gasteiger partial charge on any atom is 0.150 e. The molecule has 1 saturated heterocycles. The van der Waals surface area contributed by atoms with Crippen LogP contribution < -0.4 is 11.1 Å². The van der Waals surface area contributed by atoms with Crippen molar-refractivity contribution in [3.05, 3.63) is 48.2 Å². The fourth-order valence-corrected chi connectivity index (χ4v) is 3.39. The Bertz CT molecular complexity index is 832. The summed E-state index contributed by atoms with van der Waals surface area (Å²) < 4.78 is 2.02. The third-order valence-corrected chi connectivity index (χ3v) is 4.63. The number of nitrogens with zero attached hydrogens (tertiary/aromatic N) is 2. The molecule has 1 fully saturated rings. The van der Waals surface area contributed by atoms with Crippen molar-refractivity contribution in [2.75, 3.05) is 18.8 Å². The molecule has 4 N–H and O–H groups in total. The van der Waals surface area contributed by atoms with E-state index in [0.29, 0.717) is 11.7 Å². The number of rotatable bonds is 2. The summed E-state index contributed by atoms with van der Waals surface area (Å²) in [4.78, 5) is 4.53. The van der Waals surface area contributed by atoms with Gasteiger partial charge in [-0.15, -0.1) is 0 Å². The van der Waals surface area contributed by atoms with Crippen LogP contribution in [0, 0.1) is 0 Å². The van der Waals surface area contributed by atoms with E-state index in [-0.39, 0.29) is 5.75 Å². The van der Waals surface area contributed by atoms with E-state index >= 15 is 0 Å². The lowest BCUT2D eigenvalue weighted by Crippen LogP contribution is -2.26. The van der Waals surface area contributed by atoms with Crippen molar-refractivity contribution in [2.45, 2.75) is 18.8 Å². The Kier molecular flexibility index (Phi) is 3.42. The molecule has 2 aromatic heterocycles. The first-order chi connectivity index (χ1) is 11.2. The Morgan fingerprint density at radius 1 is 1.13 bits per heavy atom. The van der Waals surface area contributed by atoms with Gasteiger partial charge in [0.25, 0.3) is 0 Å². The van der Waals surface area contributed by atoms with Crippen molar-refractivity contribution in [1.82, 2.24) is 14.7 Å².